The van der Waals surface area contributed by atoms with Gasteiger partial charge in [-0.1, -0.05) is 31.4 Å². The molecule has 0 saturated heterocycles. The molecule has 0 spiro atoms. The summed E-state index contributed by atoms with van der Waals surface area (Å²) in [4.78, 5) is 12.1. The Morgan fingerprint density at radius 3 is 2.58 bits per heavy atom. The molecule has 2 rings (SSSR count). The predicted molar refractivity (Wildman–Crippen MR) is 74.7 cm³/mol. The van der Waals surface area contributed by atoms with Gasteiger partial charge in [0.15, 0.2) is 0 Å². The van der Waals surface area contributed by atoms with Crippen LogP contribution in [0.1, 0.15) is 48.0 Å². The average Bonchev–Trinajstić information content (AvgIpc) is 2.64. The van der Waals surface area contributed by atoms with Crippen LogP contribution >= 0.6 is 0 Å². The summed E-state index contributed by atoms with van der Waals surface area (Å²) in [6.45, 7) is 0.475. The number of hydrogen-bond donors (Lipinski definition) is 3. The summed E-state index contributed by atoms with van der Waals surface area (Å²) < 4.78 is 0. The van der Waals surface area contributed by atoms with E-state index in [1.165, 1.54) is 0 Å². The van der Waals surface area contributed by atoms with Crippen LogP contribution in [0.5, 0.6) is 0 Å². The Labute approximate surface area is 114 Å². The van der Waals surface area contributed by atoms with E-state index >= 15 is 0 Å². The van der Waals surface area contributed by atoms with Crippen LogP contribution in [0.25, 0.3) is 0 Å². The zero-order valence-electron chi connectivity index (χ0n) is 11.1. The molecular formula is C15H22N2O2. The van der Waals surface area contributed by atoms with Crippen molar-refractivity contribution in [3.05, 3.63) is 35.4 Å². The number of carbonyl (C=O) groups is 1. The van der Waals surface area contributed by atoms with Crippen LogP contribution < -0.4 is 11.1 Å². The molecule has 1 aromatic carbocycles. The van der Waals surface area contributed by atoms with Gasteiger partial charge in [-0.05, 0) is 30.5 Å². The monoisotopic (exact) mass is 262 g/mol. The second kappa shape index (κ2) is 6.68. The number of benzene rings is 1. The fourth-order valence-electron chi connectivity index (χ4n) is 2.50. The van der Waals surface area contributed by atoms with Gasteiger partial charge in [0.1, 0.15) is 0 Å². The van der Waals surface area contributed by atoms with Crippen molar-refractivity contribution in [2.24, 2.45) is 5.73 Å². The number of rotatable bonds is 3. The van der Waals surface area contributed by atoms with Gasteiger partial charge in [-0.25, -0.2) is 0 Å². The second-order valence-electron chi connectivity index (χ2n) is 5.19. The fourth-order valence-corrected chi connectivity index (χ4v) is 2.50. The Kier molecular flexibility index (Phi) is 4.93. The highest BCUT2D eigenvalue weighted by molar-refractivity contribution is 5.94. The van der Waals surface area contributed by atoms with E-state index in [2.05, 4.69) is 5.32 Å². The third-order valence-corrected chi connectivity index (χ3v) is 3.75. The van der Waals surface area contributed by atoms with Crippen molar-refractivity contribution in [1.29, 1.82) is 0 Å². The topological polar surface area (TPSA) is 75.4 Å². The van der Waals surface area contributed by atoms with E-state index in [0.717, 1.165) is 37.7 Å². The summed E-state index contributed by atoms with van der Waals surface area (Å²) in [5.74, 6) is -0.116. The van der Waals surface area contributed by atoms with Crippen molar-refractivity contribution in [1.82, 2.24) is 5.32 Å². The van der Waals surface area contributed by atoms with Crippen LogP contribution in [0.2, 0.25) is 0 Å². The van der Waals surface area contributed by atoms with E-state index in [1.54, 1.807) is 12.1 Å². The molecular weight excluding hydrogens is 240 g/mol. The highest BCUT2D eigenvalue weighted by Crippen LogP contribution is 2.18. The zero-order chi connectivity index (χ0) is 13.7. The summed E-state index contributed by atoms with van der Waals surface area (Å²) in [6, 6.07) is 7.15. The maximum Gasteiger partial charge on any atom is 0.251 e. The summed E-state index contributed by atoms with van der Waals surface area (Å²) >= 11 is 0. The van der Waals surface area contributed by atoms with Crippen LogP contribution in [0.15, 0.2) is 24.3 Å². The average molecular weight is 262 g/mol. The van der Waals surface area contributed by atoms with E-state index in [1.807, 2.05) is 12.1 Å². The zero-order valence-corrected chi connectivity index (χ0v) is 11.1. The molecule has 1 amide bonds. The molecule has 4 heteroatoms. The number of amides is 1. The summed E-state index contributed by atoms with van der Waals surface area (Å²) in [6.07, 6.45) is 4.45. The quantitative estimate of drug-likeness (QED) is 0.724. The minimum absolute atomic E-state index is 0.116. The highest BCUT2D eigenvalue weighted by atomic mass is 16.3. The van der Waals surface area contributed by atoms with Gasteiger partial charge in [0.2, 0.25) is 0 Å². The molecule has 1 aliphatic carbocycles. The minimum atomic E-state index is -0.422. The maximum atomic E-state index is 12.1. The van der Waals surface area contributed by atoms with Gasteiger partial charge in [0, 0.05) is 12.1 Å². The number of nitrogens with one attached hydrogen (secondary N) is 1. The molecule has 1 aromatic rings. The second-order valence-corrected chi connectivity index (χ2v) is 5.19. The molecule has 2 unspecified atom stereocenters. The number of aliphatic hydroxyl groups excluding tert-OH is 1. The first-order chi connectivity index (χ1) is 9.20. The van der Waals surface area contributed by atoms with Gasteiger partial charge in [0.05, 0.1) is 12.1 Å². The highest BCUT2D eigenvalue weighted by Gasteiger charge is 2.23. The van der Waals surface area contributed by atoms with Gasteiger partial charge in [-0.15, -0.1) is 0 Å². The normalized spacial score (nSPS) is 23.7. The molecule has 1 aliphatic rings. The lowest BCUT2D eigenvalue weighted by Crippen LogP contribution is -2.42. The molecule has 4 nitrogen and oxygen atoms in total. The maximum absolute atomic E-state index is 12.1. The molecule has 1 saturated carbocycles. The largest absolute Gasteiger partial charge is 0.391 e. The van der Waals surface area contributed by atoms with Gasteiger partial charge in [-0.3, -0.25) is 4.79 Å². The van der Waals surface area contributed by atoms with Crippen LogP contribution in [0.3, 0.4) is 0 Å². The van der Waals surface area contributed by atoms with Gasteiger partial charge < -0.3 is 16.2 Å². The molecule has 104 valence electrons. The summed E-state index contributed by atoms with van der Waals surface area (Å²) in [7, 11) is 0. The van der Waals surface area contributed by atoms with Gasteiger partial charge in [0.25, 0.3) is 5.91 Å². The van der Waals surface area contributed by atoms with Crippen molar-refractivity contribution in [2.75, 3.05) is 0 Å². The van der Waals surface area contributed by atoms with E-state index in [9.17, 15) is 9.90 Å². The number of nitrogens with two attached hydrogens (primary N) is 1. The van der Waals surface area contributed by atoms with Crippen molar-refractivity contribution in [2.45, 2.75) is 50.8 Å². The van der Waals surface area contributed by atoms with E-state index in [4.69, 9.17) is 5.73 Å². The Hall–Kier alpha value is -1.39. The minimum Gasteiger partial charge on any atom is -0.391 e. The molecule has 0 bridgehead atoms. The fraction of sp³-hybridized carbons (Fsp3) is 0.533. The Bertz CT molecular complexity index is 417. The predicted octanol–water partition coefficient (Wildman–Crippen LogP) is 1.57. The van der Waals surface area contributed by atoms with Crippen molar-refractivity contribution < 1.29 is 9.90 Å². The standard InChI is InChI=1S/C15H22N2O2/c16-10-11-6-8-12(9-7-11)15(19)17-13-4-2-1-3-5-14(13)18/h6-9,13-14,18H,1-5,10,16H2,(H,17,19). The lowest BCUT2D eigenvalue weighted by atomic mass is 10.0. The van der Waals surface area contributed by atoms with Crippen LogP contribution in [0, 0.1) is 0 Å². The molecule has 0 radical (unpaired) electrons. The molecule has 0 heterocycles. The molecule has 0 aromatic heterocycles. The molecule has 19 heavy (non-hydrogen) atoms. The van der Waals surface area contributed by atoms with E-state index < -0.39 is 6.10 Å². The van der Waals surface area contributed by atoms with Crippen molar-refractivity contribution >= 4 is 5.91 Å². The van der Waals surface area contributed by atoms with E-state index in [-0.39, 0.29) is 11.9 Å². The third-order valence-electron chi connectivity index (χ3n) is 3.75. The number of hydrogen-bond acceptors (Lipinski definition) is 3. The lowest BCUT2D eigenvalue weighted by Gasteiger charge is -2.21. The first-order valence-electron chi connectivity index (χ1n) is 6.98. The summed E-state index contributed by atoms with van der Waals surface area (Å²) in [5.41, 5.74) is 7.15. The SMILES string of the molecule is NCc1ccc(C(=O)NC2CCCCCC2O)cc1. The van der Waals surface area contributed by atoms with Crippen LogP contribution in [-0.4, -0.2) is 23.2 Å². The van der Waals surface area contributed by atoms with Crippen molar-refractivity contribution in [3.63, 3.8) is 0 Å². The molecule has 4 N–H and O–H groups in total. The van der Waals surface area contributed by atoms with Crippen LogP contribution in [0.4, 0.5) is 0 Å². The molecule has 2 atom stereocenters. The lowest BCUT2D eigenvalue weighted by molar-refractivity contribution is 0.0819. The smallest absolute Gasteiger partial charge is 0.251 e. The Morgan fingerprint density at radius 2 is 1.89 bits per heavy atom. The third kappa shape index (κ3) is 3.78. The van der Waals surface area contributed by atoms with Crippen LogP contribution in [-0.2, 0) is 6.54 Å². The Balaban J connectivity index is 1.98. The number of carbonyl (C=O) groups excluding carboxylic acids is 1. The Morgan fingerprint density at radius 1 is 1.21 bits per heavy atom. The van der Waals surface area contributed by atoms with Crippen molar-refractivity contribution in [3.8, 4) is 0 Å². The molecule has 1 fully saturated rings. The van der Waals surface area contributed by atoms with E-state index in [0.29, 0.717) is 12.1 Å². The molecule has 0 aliphatic heterocycles. The first kappa shape index (κ1) is 14.0. The first-order valence-corrected chi connectivity index (χ1v) is 6.98. The van der Waals surface area contributed by atoms with Gasteiger partial charge in [-0.2, -0.15) is 0 Å². The van der Waals surface area contributed by atoms with Gasteiger partial charge >= 0.3 is 0 Å². The summed E-state index contributed by atoms with van der Waals surface area (Å²) in [5, 5.41) is 12.9. The number of aliphatic hydroxyl groups is 1.